The Morgan fingerprint density at radius 1 is 0.810 bits per heavy atom. The van der Waals surface area contributed by atoms with Crippen molar-refractivity contribution in [1.82, 2.24) is 0 Å². The summed E-state index contributed by atoms with van der Waals surface area (Å²) in [5.41, 5.74) is 0. The van der Waals surface area contributed by atoms with E-state index in [1.165, 1.54) is 6.07 Å². The van der Waals surface area contributed by atoms with E-state index >= 15 is 0 Å². The molecule has 0 radical (unpaired) electrons. The van der Waals surface area contributed by atoms with E-state index in [1.807, 2.05) is 0 Å². The van der Waals surface area contributed by atoms with Gasteiger partial charge in [0.2, 0.25) is 0 Å². The summed E-state index contributed by atoms with van der Waals surface area (Å²) in [6.45, 7) is 0. The third-order valence-electron chi connectivity index (χ3n) is 2.47. The Balaban J connectivity index is -0.000001000. The van der Waals surface area contributed by atoms with Crippen LogP contribution in [0.2, 0.25) is 0 Å². The Bertz CT molecular complexity index is 885. The van der Waals surface area contributed by atoms with Crippen LogP contribution in [0.15, 0.2) is 40.1 Å². The van der Waals surface area contributed by atoms with Crippen molar-refractivity contribution >= 4 is 31.0 Å². The van der Waals surface area contributed by atoms with Gasteiger partial charge in [0.25, 0.3) is 20.2 Å². The predicted octanol–water partition coefficient (Wildman–Crippen LogP) is -4.73. The molecule has 0 saturated carbocycles. The molecule has 11 heteroatoms. The van der Waals surface area contributed by atoms with Crippen LogP contribution in [0.3, 0.4) is 0 Å². The van der Waals surface area contributed by atoms with Crippen molar-refractivity contribution in [2.24, 2.45) is 0 Å². The first kappa shape index (κ1) is 21.3. The van der Waals surface area contributed by atoms with Gasteiger partial charge in [-0.25, -0.2) is 0 Å². The molecule has 7 nitrogen and oxygen atoms in total. The van der Waals surface area contributed by atoms with Crippen LogP contribution < -0.4 is 59.1 Å². The van der Waals surface area contributed by atoms with Crippen molar-refractivity contribution in [3.63, 3.8) is 0 Å². The van der Waals surface area contributed by atoms with Gasteiger partial charge in [-0.2, -0.15) is 16.8 Å². The second kappa shape index (κ2) is 7.26. The number of hydrogen-bond acceptors (Lipinski definition) is 5. The summed E-state index contributed by atoms with van der Waals surface area (Å²) in [5.74, 6) is -0.658. The zero-order valence-electron chi connectivity index (χ0n) is 13.2. The number of phenolic OH excluding ortho intramolecular Hbond substituents is 1. The second-order valence-electron chi connectivity index (χ2n) is 3.78. The summed E-state index contributed by atoms with van der Waals surface area (Å²) in [5, 5.41) is 9.94. The number of aromatic hydroxyl groups is 1. The second-order valence-corrected chi connectivity index (χ2v) is 6.59. The molecule has 2 aromatic carbocycles. The minimum Gasteiger partial charge on any atom is -1.00 e. The topological polar surface area (TPSA) is 129 Å². The Labute approximate surface area is 168 Å². The molecule has 0 saturated heterocycles. The number of benzene rings is 2. The molecular formula is C10H10Na2O7S2. The minimum absolute atomic E-state index is 0. The van der Waals surface area contributed by atoms with Gasteiger partial charge in [-0.3, -0.25) is 9.11 Å². The molecule has 21 heavy (non-hydrogen) atoms. The monoisotopic (exact) mass is 352 g/mol. The molecule has 0 aliphatic heterocycles. The minimum atomic E-state index is -4.64. The van der Waals surface area contributed by atoms with Crippen molar-refractivity contribution in [2.75, 3.05) is 0 Å². The maximum absolute atomic E-state index is 11.0. The molecule has 0 unspecified atom stereocenters. The van der Waals surface area contributed by atoms with Crippen LogP contribution in [0.25, 0.3) is 10.8 Å². The van der Waals surface area contributed by atoms with Crippen LogP contribution in [0.5, 0.6) is 5.75 Å². The van der Waals surface area contributed by atoms with Gasteiger partial charge in [0.05, 0.1) is 4.90 Å². The van der Waals surface area contributed by atoms with E-state index in [0.29, 0.717) is 5.39 Å². The fraction of sp³-hybridized carbons (Fsp3) is 0. The first-order chi connectivity index (χ1) is 8.59. The van der Waals surface area contributed by atoms with Crippen LogP contribution >= 0.6 is 0 Å². The number of phenols is 1. The Hall–Kier alpha value is 0.320. The van der Waals surface area contributed by atoms with Crippen LogP contribution in [0.1, 0.15) is 2.85 Å². The van der Waals surface area contributed by atoms with Gasteiger partial charge in [-0.05, 0) is 35.0 Å². The third kappa shape index (κ3) is 4.90. The molecule has 0 atom stereocenters. The molecule has 0 spiro atoms. The SMILES string of the molecule is O=S(=O)(O)c1ccc2cc(O)c(S(=O)(=O)O)cc2c1.[H-].[H-].[Na+].[Na+]. The standard InChI is InChI=1S/C10H8O7S2.2Na.2H/c11-9-4-6-1-2-8(18(12,13)14)3-7(6)5-10(9)19(15,16)17;;;;/h1-5,11H,(H,12,13,14)(H,15,16,17);;;;/q;2*+1;2*-1. The smallest absolute Gasteiger partial charge is 1.00 e. The first-order valence-corrected chi connectivity index (χ1v) is 7.69. The van der Waals surface area contributed by atoms with E-state index < -0.39 is 35.8 Å². The average molecular weight is 352 g/mol. The predicted molar refractivity (Wildman–Crippen MR) is 67.5 cm³/mol. The summed E-state index contributed by atoms with van der Waals surface area (Å²) in [6, 6.07) is 5.38. The summed E-state index contributed by atoms with van der Waals surface area (Å²) in [4.78, 5) is -1.17. The Morgan fingerprint density at radius 2 is 1.38 bits per heavy atom. The Kier molecular flexibility index (Phi) is 7.37. The van der Waals surface area contributed by atoms with Crippen LogP contribution in [-0.4, -0.2) is 31.0 Å². The zero-order chi connectivity index (χ0) is 14.4. The van der Waals surface area contributed by atoms with Gasteiger partial charge >= 0.3 is 59.1 Å². The zero-order valence-corrected chi connectivity index (χ0v) is 16.8. The summed E-state index contributed by atoms with van der Waals surface area (Å²) in [7, 11) is -9.06. The van der Waals surface area contributed by atoms with Gasteiger partial charge in [0, 0.05) is 0 Å². The van der Waals surface area contributed by atoms with E-state index in [9.17, 15) is 21.9 Å². The van der Waals surface area contributed by atoms with Crippen molar-refractivity contribution in [3.8, 4) is 5.75 Å². The molecule has 2 rings (SSSR count). The van der Waals surface area contributed by atoms with Gasteiger partial charge in [0.15, 0.2) is 0 Å². The largest absolute Gasteiger partial charge is 1.00 e. The average Bonchev–Trinajstić information content (AvgIpc) is 2.24. The summed E-state index contributed by atoms with van der Waals surface area (Å²) >= 11 is 0. The normalized spacial score (nSPS) is 11.5. The number of fused-ring (bicyclic) bond motifs is 1. The molecule has 106 valence electrons. The van der Waals surface area contributed by atoms with E-state index in [4.69, 9.17) is 9.11 Å². The van der Waals surface area contributed by atoms with Crippen LogP contribution in [0.4, 0.5) is 0 Å². The third-order valence-corrected chi connectivity index (χ3v) is 4.20. The van der Waals surface area contributed by atoms with E-state index in [2.05, 4.69) is 0 Å². The summed E-state index contributed by atoms with van der Waals surface area (Å²) < 4.78 is 61.7. The van der Waals surface area contributed by atoms with Gasteiger partial charge in [-0.15, -0.1) is 0 Å². The van der Waals surface area contributed by atoms with Crippen molar-refractivity contribution in [3.05, 3.63) is 30.3 Å². The summed E-state index contributed by atoms with van der Waals surface area (Å²) in [6.07, 6.45) is 0. The van der Waals surface area contributed by atoms with Crippen molar-refractivity contribution in [2.45, 2.75) is 9.79 Å². The molecule has 0 amide bonds. The molecule has 0 aromatic heterocycles. The maximum Gasteiger partial charge on any atom is 1.00 e. The maximum atomic E-state index is 11.0. The molecule has 0 heterocycles. The molecule has 0 fully saturated rings. The first-order valence-electron chi connectivity index (χ1n) is 4.81. The van der Waals surface area contributed by atoms with Crippen molar-refractivity contribution < 1.29 is 93.0 Å². The van der Waals surface area contributed by atoms with Gasteiger partial charge < -0.3 is 7.96 Å². The molecular weight excluding hydrogens is 342 g/mol. The fourth-order valence-electron chi connectivity index (χ4n) is 1.61. The van der Waals surface area contributed by atoms with E-state index in [-0.39, 0.29) is 67.4 Å². The van der Waals surface area contributed by atoms with Crippen LogP contribution in [-0.2, 0) is 20.2 Å². The molecule has 0 aliphatic carbocycles. The van der Waals surface area contributed by atoms with Gasteiger partial charge in [0.1, 0.15) is 10.6 Å². The quantitative estimate of drug-likeness (QED) is 0.366. The Morgan fingerprint density at radius 3 is 1.86 bits per heavy atom. The molecule has 0 bridgehead atoms. The van der Waals surface area contributed by atoms with Crippen LogP contribution in [0, 0.1) is 0 Å². The fourth-order valence-corrected chi connectivity index (χ4v) is 2.72. The number of hydrogen-bond donors (Lipinski definition) is 3. The van der Waals surface area contributed by atoms with Gasteiger partial charge in [-0.1, -0.05) is 6.07 Å². The van der Waals surface area contributed by atoms with E-state index in [1.54, 1.807) is 0 Å². The molecule has 3 N–H and O–H groups in total. The molecule has 0 aliphatic rings. The van der Waals surface area contributed by atoms with Crippen molar-refractivity contribution in [1.29, 1.82) is 0 Å². The number of rotatable bonds is 2. The molecule has 2 aromatic rings. The van der Waals surface area contributed by atoms with E-state index in [0.717, 1.165) is 24.3 Å².